The molecule has 3 rings (SSSR count). The van der Waals surface area contributed by atoms with Crippen LogP contribution in [0.25, 0.3) is 0 Å². The Labute approximate surface area is 175 Å². The monoisotopic (exact) mass is 412 g/mol. The molecule has 1 aliphatic heterocycles. The highest BCUT2D eigenvalue weighted by atomic mass is 19.1. The van der Waals surface area contributed by atoms with Crippen molar-refractivity contribution in [2.45, 2.75) is 32.5 Å². The quantitative estimate of drug-likeness (QED) is 0.514. The molecule has 0 amide bonds. The Hall–Kier alpha value is -3.15. The van der Waals surface area contributed by atoms with Gasteiger partial charge in [0.2, 0.25) is 0 Å². The second-order valence-corrected chi connectivity index (χ2v) is 7.30. The number of benzene rings is 2. The number of aldehydes is 1. The van der Waals surface area contributed by atoms with E-state index in [1.165, 1.54) is 19.2 Å². The highest BCUT2D eigenvalue weighted by Crippen LogP contribution is 2.29. The lowest BCUT2D eigenvalue weighted by Gasteiger charge is -2.45. The van der Waals surface area contributed by atoms with Crippen molar-refractivity contribution in [1.82, 2.24) is 9.80 Å². The molecule has 2 aromatic carbocycles. The first-order chi connectivity index (χ1) is 14.5. The van der Waals surface area contributed by atoms with Crippen LogP contribution in [-0.2, 0) is 11.3 Å². The van der Waals surface area contributed by atoms with Crippen molar-refractivity contribution in [2.24, 2.45) is 0 Å². The number of ether oxygens (including phenoxy) is 2. The van der Waals surface area contributed by atoms with Gasteiger partial charge in [-0.3, -0.25) is 9.69 Å². The summed E-state index contributed by atoms with van der Waals surface area (Å²) in [6.07, 6.45) is 0.706. The minimum atomic E-state index is -0.291. The van der Waals surface area contributed by atoms with E-state index in [1.807, 2.05) is 23.6 Å². The summed E-state index contributed by atoms with van der Waals surface area (Å²) in [5.74, 6) is 2.66. The summed E-state index contributed by atoms with van der Waals surface area (Å²) in [6.45, 7) is 5.28. The molecule has 0 spiro atoms. The molecule has 0 saturated carbocycles. The number of nitrogens with zero attached hydrogens (tertiary/aromatic N) is 2. The summed E-state index contributed by atoms with van der Waals surface area (Å²) < 4.78 is 24.3. The fourth-order valence-corrected chi connectivity index (χ4v) is 3.68. The molecule has 158 valence electrons. The van der Waals surface area contributed by atoms with Crippen LogP contribution in [-0.4, -0.2) is 54.5 Å². The largest absolute Gasteiger partial charge is 0.496 e. The average Bonchev–Trinajstić information content (AvgIpc) is 2.76. The van der Waals surface area contributed by atoms with Crippen molar-refractivity contribution in [3.8, 4) is 11.5 Å². The van der Waals surface area contributed by atoms with Crippen LogP contribution in [0.4, 0.5) is 4.39 Å². The van der Waals surface area contributed by atoms with Gasteiger partial charge < -0.3 is 14.4 Å². The van der Waals surface area contributed by atoms with Gasteiger partial charge in [-0.15, -0.1) is 0 Å². The summed E-state index contributed by atoms with van der Waals surface area (Å²) in [4.78, 5) is 27.2. The number of carbonyl (C=O) groups excluding carboxylic acids is 2. The smallest absolute Gasteiger partial charge is 0.157 e. The Morgan fingerprint density at radius 3 is 2.50 bits per heavy atom. The van der Waals surface area contributed by atoms with E-state index >= 15 is 0 Å². The van der Waals surface area contributed by atoms with Gasteiger partial charge >= 0.3 is 0 Å². The molecular formula is C23H25FN2O4. The standard InChI is InChI=1S/C23H25FN2O4/c1-16-11-25(15-30-23-6-4-5-22(29-3)20(23)13-27)17(2)21(14-28)26(16)12-18-7-9-19(24)10-8-18/h4-10,13,16-17H,11-12,15H2,1-3H3/t16-,17+/m0/s1. The predicted octanol–water partition coefficient (Wildman–Crippen LogP) is 3.29. The van der Waals surface area contributed by atoms with Crippen molar-refractivity contribution in [2.75, 3.05) is 20.4 Å². The molecule has 0 unspecified atom stereocenters. The predicted molar refractivity (Wildman–Crippen MR) is 111 cm³/mol. The lowest BCUT2D eigenvalue weighted by molar-refractivity contribution is 0.0282. The Balaban J connectivity index is 1.73. The fraction of sp³-hybridized carbons (Fsp3) is 0.348. The summed E-state index contributed by atoms with van der Waals surface area (Å²) >= 11 is 0. The molecule has 2 atom stereocenters. The summed E-state index contributed by atoms with van der Waals surface area (Å²) in [5.41, 5.74) is 1.78. The van der Waals surface area contributed by atoms with Crippen molar-refractivity contribution in [3.05, 3.63) is 65.1 Å². The number of carbonyl (C=O) groups is 1. The number of hydrogen-bond donors (Lipinski definition) is 0. The second kappa shape index (κ2) is 9.57. The molecule has 0 aliphatic carbocycles. The Kier molecular flexibility index (Phi) is 6.87. The number of rotatable bonds is 7. The zero-order chi connectivity index (χ0) is 21.7. The number of methoxy groups -OCH3 is 1. The van der Waals surface area contributed by atoms with Crippen LogP contribution >= 0.6 is 0 Å². The maximum Gasteiger partial charge on any atom is 0.157 e. The minimum Gasteiger partial charge on any atom is -0.496 e. The third kappa shape index (κ3) is 4.53. The van der Waals surface area contributed by atoms with Gasteiger partial charge in [-0.05, 0) is 43.7 Å². The SMILES string of the molecule is COc1cccc(OCN2C[C@H](C)N(Cc3ccc(F)cc3)C(=C=O)[C@H]2C)c1C=O. The average molecular weight is 412 g/mol. The Morgan fingerprint density at radius 1 is 1.17 bits per heavy atom. The molecule has 0 radical (unpaired) electrons. The molecule has 1 aliphatic rings. The Bertz CT molecular complexity index is 941. The van der Waals surface area contributed by atoms with Crippen LogP contribution in [0.3, 0.4) is 0 Å². The van der Waals surface area contributed by atoms with Crippen LogP contribution < -0.4 is 9.47 Å². The molecule has 2 aromatic rings. The van der Waals surface area contributed by atoms with E-state index in [1.54, 1.807) is 30.3 Å². The normalized spacial score (nSPS) is 19.3. The number of hydrogen-bond acceptors (Lipinski definition) is 6. The highest BCUT2D eigenvalue weighted by molar-refractivity contribution is 5.83. The van der Waals surface area contributed by atoms with Crippen molar-refractivity contribution in [3.63, 3.8) is 0 Å². The minimum absolute atomic E-state index is 0.0159. The van der Waals surface area contributed by atoms with E-state index in [4.69, 9.17) is 9.47 Å². The van der Waals surface area contributed by atoms with Crippen LogP contribution in [0, 0.1) is 5.82 Å². The molecular weight excluding hydrogens is 387 g/mol. The van der Waals surface area contributed by atoms with E-state index in [0.717, 1.165) is 5.56 Å². The lowest BCUT2D eigenvalue weighted by Crippen LogP contribution is -2.55. The van der Waals surface area contributed by atoms with Crippen LogP contribution in [0.5, 0.6) is 11.5 Å². The Morgan fingerprint density at radius 2 is 1.87 bits per heavy atom. The van der Waals surface area contributed by atoms with Gasteiger partial charge in [0.1, 0.15) is 35.7 Å². The molecule has 0 bridgehead atoms. The van der Waals surface area contributed by atoms with E-state index in [-0.39, 0.29) is 24.6 Å². The zero-order valence-corrected chi connectivity index (χ0v) is 17.3. The molecule has 30 heavy (non-hydrogen) atoms. The van der Waals surface area contributed by atoms with Gasteiger partial charge in [-0.2, -0.15) is 0 Å². The molecule has 0 aromatic heterocycles. The van der Waals surface area contributed by atoms with Crippen LogP contribution in [0.2, 0.25) is 0 Å². The van der Waals surface area contributed by atoms with Crippen LogP contribution in [0.15, 0.2) is 48.2 Å². The van der Waals surface area contributed by atoms with E-state index in [2.05, 4.69) is 5.94 Å². The van der Waals surface area contributed by atoms with Crippen molar-refractivity contribution >= 4 is 12.2 Å². The van der Waals surface area contributed by atoms with Crippen molar-refractivity contribution < 1.29 is 23.5 Å². The molecule has 1 saturated heterocycles. The fourth-order valence-electron chi connectivity index (χ4n) is 3.68. The van der Waals surface area contributed by atoms with Gasteiger partial charge in [0.15, 0.2) is 6.29 Å². The maximum atomic E-state index is 13.2. The molecule has 7 heteroatoms. The van der Waals surface area contributed by atoms with Gasteiger partial charge in [-0.1, -0.05) is 18.2 Å². The summed E-state index contributed by atoms with van der Waals surface area (Å²) in [7, 11) is 1.50. The zero-order valence-electron chi connectivity index (χ0n) is 17.3. The first kappa shape index (κ1) is 21.6. The van der Waals surface area contributed by atoms with Crippen molar-refractivity contribution in [1.29, 1.82) is 0 Å². The summed E-state index contributed by atoms with van der Waals surface area (Å²) in [5, 5.41) is 0. The van der Waals surface area contributed by atoms with Gasteiger partial charge in [0, 0.05) is 19.1 Å². The third-order valence-corrected chi connectivity index (χ3v) is 5.40. The van der Waals surface area contributed by atoms with Crippen LogP contribution in [0.1, 0.15) is 29.8 Å². The molecule has 1 heterocycles. The number of piperazine rings is 1. The highest BCUT2D eigenvalue weighted by Gasteiger charge is 2.34. The second-order valence-electron chi connectivity index (χ2n) is 7.30. The topological polar surface area (TPSA) is 59.1 Å². The third-order valence-electron chi connectivity index (χ3n) is 5.40. The van der Waals surface area contributed by atoms with E-state index < -0.39 is 0 Å². The lowest BCUT2D eigenvalue weighted by atomic mass is 10.0. The molecule has 0 N–H and O–H groups in total. The molecule has 6 nitrogen and oxygen atoms in total. The van der Waals surface area contributed by atoms with Gasteiger partial charge in [-0.25, -0.2) is 9.18 Å². The number of halogens is 1. The maximum absolute atomic E-state index is 13.2. The molecule has 1 fully saturated rings. The van der Waals surface area contributed by atoms with E-state index in [0.29, 0.717) is 42.1 Å². The first-order valence-corrected chi connectivity index (χ1v) is 9.73. The first-order valence-electron chi connectivity index (χ1n) is 9.73. The van der Waals surface area contributed by atoms with E-state index in [9.17, 15) is 14.0 Å². The van der Waals surface area contributed by atoms with Gasteiger partial charge in [0.25, 0.3) is 0 Å². The van der Waals surface area contributed by atoms with Gasteiger partial charge in [0.05, 0.1) is 18.7 Å². The summed E-state index contributed by atoms with van der Waals surface area (Å²) in [6, 6.07) is 11.2.